The van der Waals surface area contributed by atoms with E-state index in [2.05, 4.69) is 34.4 Å². The summed E-state index contributed by atoms with van der Waals surface area (Å²) in [6.07, 6.45) is 2.59. The molecule has 0 spiro atoms. The number of guanidine groups is 1. The van der Waals surface area contributed by atoms with Gasteiger partial charge in [0.2, 0.25) is 0 Å². The van der Waals surface area contributed by atoms with Gasteiger partial charge in [-0.1, -0.05) is 19.1 Å². The number of carbonyl (C=O) groups is 1. The lowest BCUT2D eigenvalue weighted by Gasteiger charge is -2.35. The molecular weight excluding hydrogens is 338 g/mol. The van der Waals surface area contributed by atoms with Crippen LogP contribution in [0.2, 0.25) is 0 Å². The minimum Gasteiger partial charge on any atom is -0.355 e. The Bertz CT molecular complexity index is 618. The summed E-state index contributed by atoms with van der Waals surface area (Å²) in [5.74, 6) is 1.68. The molecule has 27 heavy (non-hydrogen) atoms. The third kappa shape index (κ3) is 6.54. The standard InChI is InChI=1S/C21H35N5O/c1-16-10-12-26(13-11-16)17(2)14-23-21(22-3)24-15-18-6-8-19(9-7-18)20(27)25(4)5/h6-9,16-17H,10-15H2,1-5H3,(H2,22,23,24). The molecule has 0 aliphatic carbocycles. The average Bonchev–Trinajstić information content (AvgIpc) is 2.68. The molecule has 2 N–H and O–H groups in total. The summed E-state index contributed by atoms with van der Waals surface area (Å²) in [6, 6.07) is 8.19. The van der Waals surface area contributed by atoms with Crippen molar-refractivity contribution in [2.75, 3.05) is 40.8 Å². The molecule has 0 bridgehead atoms. The number of nitrogens with one attached hydrogen (secondary N) is 2. The van der Waals surface area contributed by atoms with Gasteiger partial charge in [-0.3, -0.25) is 14.7 Å². The van der Waals surface area contributed by atoms with Gasteiger partial charge in [0.15, 0.2) is 5.96 Å². The maximum absolute atomic E-state index is 11.9. The van der Waals surface area contributed by atoms with Gasteiger partial charge in [0, 0.05) is 45.8 Å². The zero-order valence-corrected chi connectivity index (χ0v) is 17.5. The number of aliphatic imine (C=N–C) groups is 1. The normalized spacial score (nSPS) is 17.4. The Morgan fingerprint density at radius 3 is 2.41 bits per heavy atom. The van der Waals surface area contributed by atoms with E-state index in [1.807, 2.05) is 24.3 Å². The minimum absolute atomic E-state index is 0.0214. The molecule has 1 atom stereocenters. The van der Waals surface area contributed by atoms with Gasteiger partial charge in [0.25, 0.3) is 5.91 Å². The number of piperidine rings is 1. The Kier molecular flexibility index (Phi) is 8.10. The topological polar surface area (TPSA) is 60.0 Å². The van der Waals surface area contributed by atoms with Crippen LogP contribution in [0.4, 0.5) is 0 Å². The van der Waals surface area contributed by atoms with Gasteiger partial charge in [0.05, 0.1) is 0 Å². The van der Waals surface area contributed by atoms with Crippen LogP contribution in [0, 0.1) is 5.92 Å². The molecule has 2 rings (SSSR count). The maximum Gasteiger partial charge on any atom is 0.253 e. The van der Waals surface area contributed by atoms with Gasteiger partial charge in [-0.25, -0.2) is 0 Å². The number of benzene rings is 1. The highest BCUT2D eigenvalue weighted by Gasteiger charge is 2.20. The van der Waals surface area contributed by atoms with E-state index in [9.17, 15) is 4.79 Å². The Labute approximate surface area is 164 Å². The molecule has 1 heterocycles. The number of likely N-dealkylation sites (tertiary alicyclic amines) is 1. The summed E-state index contributed by atoms with van der Waals surface area (Å²) in [6.45, 7) is 8.55. The number of nitrogens with zero attached hydrogens (tertiary/aromatic N) is 3. The minimum atomic E-state index is 0.0214. The Morgan fingerprint density at radius 2 is 1.85 bits per heavy atom. The summed E-state index contributed by atoms with van der Waals surface area (Å²) in [5.41, 5.74) is 1.82. The summed E-state index contributed by atoms with van der Waals surface area (Å²) in [7, 11) is 5.32. The fourth-order valence-electron chi connectivity index (χ4n) is 3.27. The first kappa shape index (κ1) is 21.2. The van der Waals surface area contributed by atoms with Gasteiger partial charge in [-0.15, -0.1) is 0 Å². The molecule has 1 aromatic carbocycles. The summed E-state index contributed by atoms with van der Waals surface area (Å²) in [5, 5.41) is 6.78. The molecule has 1 saturated heterocycles. The predicted molar refractivity (Wildman–Crippen MR) is 112 cm³/mol. The number of hydrogen-bond donors (Lipinski definition) is 2. The second-order valence-corrected chi connectivity index (χ2v) is 7.77. The largest absolute Gasteiger partial charge is 0.355 e. The van der Waals surface area contributed by atoms with Crippen LogP contribution >= 0.6 is 0 Å². The lowest BCUT2D eigenvalue weighted by Crippen LogP contribution is -2.47. The SMILES string of the molecule is CN=C(NCc1ccc(C(=O)N(C)C)cc1)NCC(C)N1CCC(C)CC1. The highest BCUT2D eigenvalue weighted by molar-refractivity contribution is 5.93. The molecule has 1 amide bonds. The third-order valence-corrected chi connectivity index (χ3v) is 5.30. The van der Waals surface area contributed by atoms with Crippen LogP contribution < -0.4 is 10.6 Å². The van der Waals surface area contributed by atoms with Crippen LogP contribution in [0.5, 0.6) is 0 Å². The molecule has 6 heteroatoms. The van der Waals surface area contributed by atoms with E-state index in [1.165, 1.54) is 25.9 Å². The zero-order valence-electron chi connectivity index (χ0n) is 17.5. The van der Waals surface area contributed by atoms with E-state index in [-0.39, 0.29) is 5.91 Å². The molecule has 1 aliphatic rings. The summed E-state index contributed by atoms with van der Waals surface area (Å²) < 4.78 is 0. The van der Waals surface area contributed by atoms with Gasteiger partial charge in [-0.05, 0) is 56.5 Å². The summed E-state index contributed by atoms with van der Waals surface area (Å²) in [4.78, 5) is 20.4. The van der Waals surface area contributed by atoms with Gasteiger partial charge >= 0.3 is 0 Å². The fourth-order valence-corrected chi connectivity index (χ4v) is 3.27. The fraction of sp³-hybridized carbons (Fsp3) is 0.619. The summed E-state index contributed by atoms with van der Waals surface area (Å²) >= 11 is 0. The molecule has 150 valence electrons. The van der Waals surface area contributed by atoms with Crippen molar-refractivity contribution in [2.45, 2.75) is 39.3 Å². The van der Waals surface area contributed by atoms with Crippen molar-refractivity contribution >= 4 is 11.9 Å². The average molecular weight is 374 g/mol. The van der Waals surface area contributed by atoms with Crippen molar-refractivity contribution in [3.8, 4) is 0 Å². The molecular formula is C21H35N5O. The Morgan fingerprint density at radius 1 is 1.22 bits per heavy atom. The monoisotopic (exact) mass is 373 g/mol. The van der Waals surface area contributed by atoms with Crippen LogP contribution in [0.1, 0.15) is 42.6 Å². The van der Waals surface area contributed by atoms with Gasteiger partial charge in [-0.2, -0.15) is 0 Å². The van der Waals surface area contributed by atoms with E-state index >= 15 is 0 Å². The smallest absolute Gasteiger partial charge is 0.253 e. The van der Waals surface area contributed by atoms with Crippen LogP contribution in [0.15, 0.2) is 29.3 Å². The van der Waals surface area contributed by atoms with Crippen molar-refractivity contribution in [3.05, 3.63) is 35.4 Å². The van der Waals surface area contributed by atoms with E-state index in [0.717, 1.165) is 24.0 Å². The lowest BCUT2D eigenvalue weighted by molar-refractivity contribution is 0.0827. The lowest BCUT2D eigenvalue weighted by atomic mass is 9.98. The number of hydrogen-bond acceptors (Lipinski definition) is 3. The van der Waals surface area contributed by atoms with E-state index < -0.39 is 0 Å². The van der Waals surface area contributed by atoms with E-state index in [4.69, 9.17) is 0 Å². The van der Waals surface area contributed by atoms with E-state index in [0.29, 0.717) is 18.2 Å². The van der Waals surface area contributed by atoms with Crippen molar-refractivity contribution < 1.29 is 4.79 Å². The molecule has 1 fully saturated rings. The van der Waals surface area contributed by atoms with Crippen LogP contribution in [0.3, 0.4) is 0 Å². The first-order valence-electron chi connectivity index (χ1n) is 9.90. The first-order valence-corrected chi connectivity index (χ1v) is 9.90. The number of rotatable bonds is 6. The predicted octanol–water partition coefficient (Wildman–Crippen LogP) is 2.17. The molecule has 6 nitrogen and oxygen atoms in total. The number of amides is 1. The number of carbonyl (C=O) groups excluding carboxylic acids is 1. The second kappa shape index (κ2) is 10.3. The molecule has 1 aromatic rings. The maximum atomic E-state index is 11.9. The second-order valence-electron chi connectivity index (χ2n) is 7.77. The van der Waals surface area contributed by atoms with Crippen LogP contribution in [-0.2, 0) is 6.54 Å². The Hall–Kier alpha value is -2.08. The Balaban J connectivity index is 1.77. The van der Waals surface area contributed by atoms with Crippen molar-refractivity contribution in [1.29, 1.82) is 0 Å². The highest BCUT2D eigenvalue weighted by atomic mass is 16.2. The van der Waals surface area contributed by atoms with Crippen molar-refractivity contribution in [3.63, 3.8) is 0 Å². The molecule has 0 radical (unpaired) electrons. The van der Waals surface area contributed by atoms with Crippen molar-refractivity contribution in [2.24, 2.45) is 10.9 Å². The quantitative estimate of drug-likeness (QED) is 0.593. The zero-order chi connectivity index (χ0) is 19.8. The van der Waals surface area contributed by atoms with E-state index in [1.54, 1.807) is 26.0 Å². The van der Waals surface area contributed by atoms with Crippen LogP contribution in [0.25, 0.3) is 0 Å². The van der Waals surface area contributed by atoms with Crippen LogP contribution in [-0.4, -0.2) is 68.5 Å². The third-order valence-electron chi connectivity index (χ3n) is 5.30. The molecule has 0 aromatic heterocycles. The highest BCUT2D eigenvalue weighted by Crippen LogP contribution is 2.17. The molecule has 1 aliphatic heterocycles. The molecule has 0 saturated carbocycles. The van der Waals surface area contributed by atoms with Gasteiger partial charge < -0.3 is 15.5 Å². The first-order chi connectivity index (χ1) is 12.9. The van der Waals surface area contributed by atoms with Gasteiger partial charge in [0.1, 0.15) is 0 Å². The van der Waals surface area contributed by atoms with Crippen molar-refractivity contribution in [1.82, 2.24) is 20.4 Å². The molecule has 1 unspecified atom stereocenters.